The molecule has 28 heavy (non-hydrogen) atoms. The van der Waals surface area contributed by atoms with Gasteiger partial charge >= 0.3 is 0 Å². The summed E-state index contributed by atoms with van der Waals surface area (Å²) in [4.78, 5) is 17.3. The van der Waals surface area contributed by atoms with Gasteiger partial charge in [-0.05, 0) is 17.7 Å². The molecule has 1 amide bonds. The number of carbonyl (C=O) groups excluding carboxylic acids is 1. The van der Waals surface area contributed by atoms with Crippen molar-refractivity contribution in [3.63, 3.8) is 0 Å². The smallest absolute Gasteiger partial charge is 0.255 e. The third-order valence-electron chi connectivity index (χ3n) is 5.08. The minimum atomic E-state index is -0.123. The maximum atomic E-state index is 12.5. The molecule has 1 aliphatic rings. The fraction of sp³-hybridized carbons (Fsp3) is 0.409. The zero-order valence-corrected chi connectivity index (χ0v) is 16.7. The quantitative estimate of drug-likeness (QED) is 0.758. The molecule has 6 heteroatoms. The number of piperazine rings is 1. The Kier molecular flexibility index (Phi) is 7.28. The van der Waals surface area contributed by atoms with Gasteiger partial charge in [-0.15, -0.1) is 0 Å². The Morgan fingerprint density at radius 3 is 2.36 bits per heavy atom. The zero-order valence-electron chi connectivity index (χ0n) is 16.7. The van der Waals surface area contributed by atoms with E-state index in [2.05, 4.69) is 45.4 Å². The van der Waals surface area contributed by atoms with E-state index in [9.17, 15) is 4.79 Å². The number of hydrogen-bond donors (Lipinski definition) is 1. The standard InChI is InChI=1S/C22H29N3O3/c1-27-19-8-9-20(21(16-19)28-2)22(26)23-10-11-24-12-14-25(15-13-24)17-18-6-4-3-5-7-18/h3-9,16H,10-15,17H2,1-2H3,(H,23,26). The van der Waals surface area contributed by atoms with Crippen LogP contribution in [0.2, 0.25) is 0 Å². The fourth-order valence-corrected chi connectivity index (χ4v) is 3.42. The van der Waals surface area contributed by atoms with Gasteiger partial charge in [0, 0.05) is 51.9 Å². The molecule has 2 aromatic carbocycles. The molecule has 0 saturated carbocycles. The highest BCUT2D eigenvalue weighted by Gasteiger charge is 2.17. The summed E-state index contributed by atoms with van der Waals surface area (Å²) >= 11 is 0. The van der Waals surface area contributed by atoms with Crippen molar-refractivity contribution in [2.75, 3.05) is 53.5 Å². The van der Waals surface area contributed by atoms with Crippen LogP contribution in [0.5, 0.6) is 11.5 Å². The molecule has 0 aromatic heterocycles. The van der Waals surface area contributed by atoms with Gasteiger partial charge in [0.1, 0.15) is 11.5 Å². The third kappa shape index (κ3) is 5.47. The summed E-state index contributed by atoms with van der Waals surface area (Å²) in [6.45, 7) is 6.62. The maximum Gasteiger partial charge on any atom is 0.255 e. The lowest BCUT2D eigenvalue weighted by molar-refractivity contribution is 0.0931. The van der Waals surface area contributed by atoms with Crippen molar-refractivity contribution in [3.8, 4) is 11.5 Å². The Morgan fingerprint density at radius 1 is 0.964 bits per heavy atom. The van der Waals surface area contributed by atoms with E-state index in [0.717, 1.165) is 39.3 Å². The highest BCUT2D eigenvalue weighted by molar-refractivity contribution is 5.97. The van der Waals surface area contributed by atoms with Crippen molar-refractivity contribution in [1.82, 2.24) is 15.1 Å². The molecule has 1 heterocycles. The molecule has 1 fully saturated rings. The maximum absolute atomic E-state index is 12.5. The van der Waals surface area contributed by atoms with Gasteiger partial charge in [-0.3, -0.25) is 14.6 Å². The van der Waals surface area contributed by atoms with Crippen LogP contribution in [-0.2, 0) is 6.54 Å². The minimum absolute atomic E-state index is 0.123. The first-order valence-electron chi connectivity index (χ1n) is 9.68. The molecule has 0 unspecified atom stereocenters. The summed E-state index contributed by atoms with van der Waals surface area (Å²) in [5, 5.41) is 2.99. The average Bonchev–Trinajstić information content (AvgIpc) is 2.75. The molecule has 6 nitrogen and oxygen atoms in total. The van der Waals surface area contributed by atoms with Crippen LogP contribution in [0.4, 0.5) is 0 Å². The van der Waals surface area contributed by atoms with Crippen LogP contribution in [-0.4, -0.2) is 69.2 Å². The Labute approximate surface area is 167 Å². The molecule has 0 spiro atoms. The average molecular weight is 383 g/mol. The van der Waals surface area contributed by atoms with E-state index in [1.807, 2.05) is 0 Å². The molecule has 1 saturated heterocycles. The van der Waals surface area contributed by atoms with Gasteiger partial charge in [0.05, 0.1) is 19.8 Å². The van der Waals surface area contributed by atoms with Gasteiger partial charge in [0.2, 0.25) is 0 Å². The van der Waals surface area contributed by atoms with Crippen LogP contribution in [0.3, 0.4) is 0 Å². The predicted octanol–water partition coefficient (Wildman–Crippen LogP) is 2.25. The minimum Gasteiger partial charge on any atom is -0.497 e. The molecule has 0 bridgehead atoms. The highest BCUT2D eigenvalue weighted by Crippen LogP contribution is 2.24. The van der Waals surface area contributed by atoms with Crippen molar-refractivity contribution in [2.24, 2.45) is 0 Å². The lowest BCUT2D eigenvalue weighted by Gasteiger charge is -2.34. The Morgan fingerprint density at radius 2 is 1.68 bits per heavy atom. The van der Waals surface area contributed by atoms with Crippen LogP contribution in [0.25, 0.3) is 0 Å². The Bertz CT molecular complexity index is 759. The lowest BCUT2D eigenvalue weighted by Crippen LogP contribution is -2.48. The summed E-state index contributed by atoms with van der Waals surface area (Å²) in [6, 6.07) is 15.8. The molecule has 0 aliphatic carbocycles. The van der Waals surface area contributed by atoms with E-state index < -0.39 is 0 Å². The second kappa shape index (κ2) is 10.1. The summed E-state index contributed by atoms with van der Waals surface area (Å²) in [7, 11) is 3.15. The van der Waals surface area contributed by atoms with Crippen LogP contribution in [0, 0.1) is 0 Å². The summed E-state index contributed by atoms with van der Waals surface area (Å²) in [5.41, 5.74) is 1.88. The van der Waals surface area contributed by atoms with E-state index >= 15 is 0 Å². The predicted molar refractivity (Wildman–Crippen MR) is 110 cm³/mol. The van der Waals surface area contributed by atoms with Crippen molar-refractivity contribution < 1.29 is 14.3 Å². The number of amides is 1. The van der Waals surface area contributed by atoms with E-state index in [4.69, 9.17) is 9.47 Å². The highest BCUT2D eigenvalue weighted by atomic mass is 16.5. The number of ether oxygens (including phenoxy) is 2. The number of benzene rings is 2. The van der Waals surface area contributed by atoms with Gasteiger partial charge in [-0.25, -0.2) is 0 Å². The van der Waals surface area contributed by atoms with E-state index in [-0.39, 0.29) is 5.91 Å². The third-order valence-corrected chi connectivity index (χ3v) is 5.08. The first-order chi connectivity index (χ1) is 13.7. The summed E-state index contributed by atoms with van der Waals surface area (Å²) in [5.74, 6) is 1.07. The van der Waals surface area contributed by atoms with Crippen molar-refractivity contribution in [2.45, 2.75) is 6.54 Å². The monoisotopic (exact) mass is 383 g/mol. The number of rotatable bonds is 8. The molecule has 1 N–H and O–H groups in total. The van der Waals surface area contributed by atoms with Crippen LogP contribution < -0.4 is 14.8 Å². The van der Waals surface area contributed by atoms with Crippen molar-refractivity contribution in [1.29, 1.82) is 0 Å². The number of carbonyl (C=O) groups is 1. The Hall–Kier alpha value is -2.57. The van der Waals surface area contributed by atoms with Crippen molar-refractivity contribution in [3.05, 3.63) is 59.7 Å². The van der Waals surface area contributed by atoms with Gasteiger partial charge in [-0.2, -0.15) is 0 Å². The molecular weight excluding hydrogens is 354 g/mol. The van der Waals surface area contributed by atoms with Crippen LogP contribution >= 0.6 is 0 Å². The largest absolute Gasteiger partial charge is 0.497 e. The number of methoxy groups -OCH3 is 2. The number of nitrogens with zero attached hydrogens (tertiary/aromatic N) is 2. The molecular formula is C22H29N3O3. The molecule has 0 radical (unpaired) electrons. The number of hydrogen-bond acceptors (Lipinski definition) is 5. The lowest BCUT2D eigenvalue weighted by atomic mass is 10.1. The Balaban J connectivity index is 1.40. The van der Waals surface area contributed by atoms with Crippen LogP contribution in [0.15, 0.2) is 48.5 Å². The topological polar surface area (TPSA) is 54.0 Å². The van der Waals surface area contributed by atoms with Gasteiger partial charge in [0.25, 0.3) is 5.91 Å². The van der Waals surface area contributed by atoms with Crippen LogP contribution in [0.1, 0.15) is 15.9 Å². The zero-order chi connectivity index (χ0) is 19.8. The van der Waals surface area contributed by atoms with Gasteiger partial charge in [0.15, 0.2) is 0 Å². The van der Waals surface area contributed by atoms with E-state index in [0.29, 0.717) is 23.6 Å². The molecule has 2 aromatic rings. The van der Waals surface area contributed by atoms with Crippen molar-refractivity contribution >= 4 is 5.91 Å². The molecule has 0 atom stereocenters. The second-order valence-electron chi connectivity index (χ2n) is 6.93. The summed E-state index contributed by atoms with van der Waals surface area (Å²) in [6.07, 6.45) is 0. The van der Waals surface area contributed by atoms with Gasteiger partial charge < -0.3 is 14.8 Å². The summed E-state index contributed by atoms with van der Waals surface area (Å²) < 4.78 is 10.5. The second-order valence-corrected chi connectivity index (χ2v) is 6.93. The molecule has 150 valence electrons. The fourth-order valence-electron chi connectivity index (χ4n) is 3.42. The number of nitrogens with one attached hydrogen (secondary N) is 1. The molecule has 1 aliphatic heterocycles. The first-order valence-corrected chi connectivity index (χ1v) is 9.68. The first kappa shape index (κ1) is 20.2. The molecule has 3 rings (SSSR count). The van der Waals surface area contributed by atoms with E-state index in [1.54, 1.807) is 32.4 Å². The van der Waals surface area contributed by atoms with E-state index in [1.165, 1.54) is 5.56 Å². The SMILES string of the molecule is COc1ccc(C(=O)NCCN2CCN(Cc3ccccc3)CC2)c(OC)c1. The normalized spacial score (nSPS) is 15.2. The van der Waals surface area contributed by atoms with Gasteiger partial charge in [-0.1, -0.05) is 30.3 Å².